The average molecular weight is 509 g/mol. The number of carbonyl (C=O) groups is 1. The largest absolute Gasteiger partial charge is 0.480 e. The molecule has 0 aliphatic heterocycles. The molecule has 0 aromatic carbocycles. The molecule has 1 atom stereocenters. The van der Waals surface area contributed by atoms with Gasteiger partial charge in [-0.15, -0.1) is 0 Å². The minimum Gasteiger partial charge on any atom is -0.480 e. The molecule has 1 unspecified atom stereocenters. The van der Waals surface area contributed by atoms with Crippen molar-refractivity contribution in [1.29, 1.82) is 0 Å². The zero-order valence-corrected chi connectivity index (χ0v) is 15.7. The monoisotopic (exact) mass is 509 g/mol. The highest BCUT2D eigenvalue weighted by atomic mass is 19.4. The number of aliphatic hydroxyl groups excluding tert-OH is 1. The summed E-state index contributed by atoms with van der Waals surface area (Å²) >= 11 is 0. The molecule has 2 N–H and O–H groups in total. The number of alkyl halides is 13. The van der Waals surface area contributed by atoms with Gasteiger partial charge in [0.2, 0.25) is 0 Å². The highest BCUT2D eigenvalue weighted by Gasteiger charge is 2.90. The number of rotatable bonds is 13. The van der Waals surface area contributed by atoms with E-state index in [0.29, 0.717) is 0 Å². The summed E-state index contributed by atoms with van der Waals surface area (Å²) in [6, 6.07) is 0. The fraction of sp³-hybridized carbons (Fsp3) is 0.929. The number of hydrogen-bond acceptors (Lipinski definition) is 4. The van der Waals surface area contributed by atoms with E-state index in [4.69, 9.17) is 5.11 Å². The van der Waals surface area contributed by atoms with Crippen LogP contribution < -0.4 is 0 Å². The lowest BCUT2D eigenvalue weighted by Gasteiger charge is -2.39. The van der Waals surface area contributed by atoms with Gasteiger partial charge in [-0.1, -0.05) is 0 Å². The first-order chi connectivity index (χ1) is 14.0. The van der Waals surface area contributed by atoms with Gasteiger partial charge in [0, 0.05) is 13.0 Å². The van der Waals surface area contributed by atoms with Gasteiger partial charge >= 0.3 is 41.8 Å². The van der Waals surface area contributed by atoms with E-state index in [-0.39, 0.29) is 0 Å². The standard InChI is InChI=1S/C14H16F13NO4/c1-28(5-8(30)31)4-7(29)6-32-3-2-9(15,16)10(17,18)11(19,20)12(21,22)13(23,24)14(25,26)27/h7,29H,2-6H2,1H3,(H,30,31). The van der Waals surface area contributed by atoms with Crippen molar-refractivity contribution in [3.63, 3.8) is 0 Å². The summed E-state index contributed by atoms with van der Waals surface area (Å²) in [7, 11) is 1.17. The predicted octanol–water partition coefficient (Wildman–Crippen LogP) is 3.51. The van der Waals surface area contributed by atoms with E-state index in [9.17, 15) is 67.0 Å². The van der Waals surface area contributed by atoms with Crippen LogP contribution in [0.4, 0.5) is 57.1 Å². The number of likely N-dealkylation sites (N-methyl/N-ethyl adjacent to an activating group) is 1. The van der Waals surface area contributed by atoms with E-state index in [2.05, 4.69) is 4.74 Å². The Labute approximate surface area is 170 Å². The van der Waals surface area contributed by atoms with Crippen LogP contribution in [0.5, 0.6) is 0 Å². The summed E-state index contributed by atoms with van der Waals surface area (Å²) in [6.07, 6.45) is -11.6. The van der Waals surface area contributed by atoms with Crippen molar-refractivity contribution in [1.82, 2.24) is 4.90 Å². The Morgan fingerprint density at radius 1 is 0.844 bits per heavy atom. The molecule has 0 fully saturated rings. The first kappa shape index (κ1) is 30.4. The summed E-state index contributed by atoms with van der Waals surface area (Å²) in [5.41, 5.74) is 0. The van der Waals surface area contributed by atoms with Crippen LogP contribution in [-0.4, -0.2) is 96.3 Å². The van der Waals surface area contributed by atoms with Gasteiger partial charge in [-0.05, 0) is 7.05 Å². The van der Waals surface area contributed by atoms with Crippen molar-refractivity contribution in [2.75, 3.05) is 33.4 Å². The maximum atomic E-state index is 13.5. The molecule has 32 heavy (non-hydrogen) atoms. The van der Waals surface area contributed by atoms with Gasteiger partial charge in [0.05, 0.1) is 25.9 Å². The Morgan fingerprint density at radius 2 is 1.28 bits per heavy atom. The van der Waals surface area contributed by atoms with Crippen LogP contribution in [0.25, 0.3) is 0 Å². The predicted molar refractivity (Wildman–Crippen MR) is 77.4 cm³/mol. The van der Waals surface area contributed by atoms with E-state index in [1.165, 1.54) is 7.05 Å². The smallest absolute Gasteiger partial charge is 0.460 e. The third-order valence-corrected chi connectivity index (χ3v) is 3.80. The fourth-order valence-corrected chi connectivity index (χ4v) is 2.09. The number of carboxylic acid groups (broad SMARTS) is 1. The van der Waals surface area contributed by atoms with Gasteiger partial charge in [-0.25, -0.2) is 0 Å². The second kappa shape index (κ2) is 9.74. The van der Waals surface area contributed by atoms with Crippen molar-refractivity contribution >= 4 is 5.97 Å². The number of ether oxygens (including phenoxy) is 1. The summed E-state index contributed by atoms with van der Waals surface area (Å²) in [4.78, 5) is 11.4. The van der Waals surface area contributed by atoms with Gasteiger partial charge < -0.3 is 14.9 Å². The third-order valence-electron chi connectivity index (χ3n) is 3.80. The molecule has 0 bridgehead atoms. The molecule has 0 aliphatic rings. The number of hydrogen-bond donors (Lipinski definition) is 2. The zero-order chi connectivity index (χ0) is 26.0. The van der Waals surface area contributed by atoms with Gasteiger partial charge in [-0.3, -0.25) is 9.69 Å². The summed E-state index contributed by atoms with van der Waals surface area (Å²) in [5, 5.41) is 17.9. The molecule has 0 aromatic rings. The molecule has 0 saturated heterocycles. The molecule has 18 heteroatoms. The SMILES string of the molecule is CN(CC(=O)O)CC(O)COCCC(F)(F)C(F)(F)C(F)(F)C(F)(F)C(F)(F)C(F)(F)F. The molecule has 5 nitrogen and oxygen atoms in total. The quantitative estimate of drug-likeness (QED) is 0.294. The van der Waals surface area contributed by atoms with Crippen LogP contribution in [0.3, 0.4) is 0 Å². The number of aliphatic hydroxyl groups is 1. The Kier molecular flexibility index (Phi) is 9.27. The van der Waals surface area contributed by atoms with E-state index < -0.39 is 80.6 Å². The van der Waals surface area contributed by atoms with Crippen LogP contribution in [0.15, 0.2) is 0 Å². The van der Waals surface area contributed by atoms with Crippen molar-refractivity contribution < 1.29 is 76.8 Å². The molecule has 0 aliphatic carbocycles. The van der Waals surface area contributed by atoms with Crippen molar-refractivity contribution in [3.05, 3.63) is 0 Å². The molecule has 0 spiro atoms. The molecule has 192 valence electrons. The van der Waals surface area contributed by atoms with Gasteiger partial charge in [-0.2, -0.15) is 57.1 Å². The van der Waals surface area contributed by atoms with Gasteiger partial charge in [0.15, 0.2) is 0 Å². The highest BCUT2D eigenvalue weighted by molar-refractivity contribution is 5.68. The van der Waals surface area contributed by atoms with Crippen molar-refractivity contribution in [3.8, 4) is 0 Å². The molecule has 0 rings (SSSR count). The molecule has 0 heterocycles. The van der Waals surface area contributed by atoms with Crippen molar-refractivity contribution in [2.45, 2.75) is 48.3 Å². The highest BCUT2D eigenvalue weighted by Crippen LogP contribution is 2.60. The molecular weight excluding hydrogens is 493 g/mol. The maximum absolute atomic E-state index is 13.5. The van der Waals surface area contributed by atoms with Crippen molar-refractivity contribution in [2.24, 2.45) is 0 Å². The van der Waals surface area contributed by atoms with Crippen LogP contribution >= 0.6 is 0 Å². The number of aliphatic carboxylic acids is 1. The average Bonchev–Trinajstić information content (AvgIpc) is 2.56. The Morgan fingerprint density at radius 3 is 1.69 bits per heavy atom. The Balaban J connectivity index is 5.27. The number of nitrogens with zero attached hydrogens (tertiary/aromatic N) is 1. The van der Waals surface area contributed by atoms with E-state index >= 15 is 0 Å². The van der Waals surface area contributed by atoms with E-state index in [1.807, 2.05) is 0 Å². The lowest BCUT2D eigenvalue weighted by molar-refractivity contribution is -0.440. The maximum Gasteiger partial charge on any atom is 0.460 e. The van der Waals surface area contributed by atoms with Crippen LogP contribution in [0.2, 0.25) is 0 Å². The normalized spacial score (nSPS) is 15.9. The minimum absolute atomic E-state index is 0.463. The van der Waals surface area contributed by atoms with E-state index in [1.54, 1.807) is 0 Å². The fourth-order valence-electron chi connectivity index (χ4n) is 2.09. The second-order valence-electron chi connectivity index (χ2n) is 6.57. The Bertz CT molecular complexity index is 639. The van der Waals surface area contributed by atoms with Crippen LogP contribution in [0, 0.1) is 0 Å². The molecule has 0 amide bonds. The summed E-state index contributed by atoms with van der Waals surface area (Å²) in [5.74, 6) is -38.6. The minimum atomic E-state index is -7.96. The lowest BCUT2D eigenvalue weighted by atomic mass is 9.93. The lowest BCUT2D eigenvalue weighted by Crippen LogP contribution is -2.70. The molecule has 0 saturated carbocycles. The summed E-state index contributed by atoms with van der Waals surface area (Å²) in [6.45, 7) is -3.69. The third kappa shape index (κ3) is 6.06. The second-order valence-corrected chi connectivity index (χ2v) is 6.57. The first-order valence-electron chi connectivity index (χ1n) is 8.07. The number of halogens is 13. The van der Waals surface area contributed by atoms with Gasteiger partial charge in [0.25, 0.3) is 0 Å². The molecule has 0 aromatic heterocycles. The number of carboxylic acids is 1. The van der Waals surface area contributed by atoms with Gasteiger partial charge in [0.1, 0.15) is 0 Å². The van der Waals surface area contributed by atoms with Crippen LogP contribution in [-0.2, 0) is 9.53 Å². The van der Waals surface area contributed by atoms with Crippen LogP contribution in [0.1, 0.15) is 6.42 Å². The molecular formula is C14H16F13NO4. The zero-order valence-electron chi connectivity index (χ0n) is 15.7. The summed E-state index contributed by atoms with van der Waals surface area (Å²) < 4.78 is 172. The van der Waals surface area contributed by atoms with E-state index in [0.717, 1.165) is 4.90 Å². The first-order valence-corrected chi connectivity index (χ1v) is 8.07. The molecule has 0 radical (unpaired) electrons. The topological polar surface area (TPSA) is 70.0 Å². The Hall–Kier alpha value is -1.56.